The number of ether oxygens (including phenoxy) is 1. The Bertz CT molecular complexity index is 405. The van der Waals surface area contributed by atoms with E-state index in [-0.39, 0.29) is 0 Å². The van der Waals surface area contributed by atoms with Crippen LogP contribution in [0.4, 0.5) is 0 Å². The topological polar surface area (TPSA) is 21.3 Å². The summed E-state index contributed by atoms with van der Waals surface area (Å²) < 4.78 is 4.96. The van der Waals surface area contributed by atoms with Gasteiger partial charge in [-0.25, -0.2) is 0 Å². The van der Waals surface area contributed by atoms with Crippen LogP contribution in [0.5, 0.6) is 0 Å². The first-order valence-electron chi connectivity index (χ1n) is 5.97. The van der Waals surface area contributed by atoms with Gasteiger partial charge in [0.15, 0.2) is 0 Å². The summed E-state index contributed by atoms with van der Waals surface area (Å²) in [6.07, 6.45) is 3.18. The molecule has 0 aliphatic rings. The summed E-state index contributed by atoms with van der Waals surface area (Å²) >= 11 is 11.9. The number of benzene rings is 1. The molecule has 0 unspecified atom stereocenters. The van der Waals surface area contributed by atoms with Crippen LogP contribution in [0.25, 0.3) is 5.57 Å². The van der Waals surface area contributed by atoms with E-state index in [9.17, 15) is 0 Å². The summed E-state index contributed by atoms with van der Waals surface area (Å²) in [5.74, 6) is 0. The molecule has 0 amide bonds. The molecule has 0 aliphatic heterocycles. The maximum atomic E-state index is 5.99. The van der Waals surface area contributed by atoms with Gasteiger partial charge in [-0.2, -0.15) is 0 Å². The van der Waals surface area contributed by atoms with Crippen LogP contribution < -0.4 is 5.32 Å². The maximum absolute atomic E-state index is 5.99. The molecule has 1 aromatic carbocycles. The Balaban J connectivity index is 2.43. The molecule has 0 bridgehead atoms. The van der Waals surface area contributed by atoms with Crippen molar-refractivity contribution in [2.45, 2.75) is 13.3 Å². The van der Waals surface area contributed by atoms with Crippen molar-refractivity contribution in [1.82, 2.24) is 5.32 Å². The first-order chi connectivity index (χ1) is 8.65. The van der Waals surface area contributed by atoms with Crippen LogP contribution >= 0.6 is 23.2 Å². The zero-order valence-electron chi connectivity index (χ0n) is 10.8. The van der Waals surface area contributed by atoms with Crippen LogP contribution in [0, 0.1) is 0 Å². The Kier molecular flexibility index (Phi) is 7.36. The molecular weight excluding hydrogens is 269 g/mol. The molecule has 0 aromatic heterocycles. The second-order valence-corrected chi connectivity index (χ2v) is 4.86. The lowest BCUT2D eigenvalue weighted by atomic mass is 10.1. The Morgan fingerprint density at radius 1 is 1.28 bits per heavy atom. The highest BCUT2D eigenvalue weighted by Crippen LogP contribution is 2.25. The maximum Gasteiger partial charge on any atom is 0.0598 e. The van der Waals surface area contributed by atoms with Gasteiger partial charge in [0.05, 0.1) is 16.7 Å². The summed E-state index contributed by atoms with van der Waals surface area (Å²) in [5.41, 5.74) is 2.32. The summed E-state index contributed by atoms with van der Waals surface area (Å²) in [5, 5.41) is 4.49. The van der Waals surface area contributed by atoms with Gasteiger partial charge < -0.3 is 10.1 Å². The minimum atomic E-state index is 0.592. The number of hydrogen-bond acceptors (Lipinski definition) is 2. The lowest BCUT2D eigenvalue weighted by Gasteiger charge is -2.05. The van der Waals surface area contributed by atoms with Gasteiger partial charge in [-0.3, -0.25) is 0 Å². The van der Waals surface area contributed by atoms with Crippen LogP contribution in [0.15, 0.2) is 24.3 Å². The van der Waals surface area contributed by atoms with Crippen molar-refractivity contribution in [3.63, 3.8) is 0 Å². The smallest absolute Gasteiger partial charge is 0.0598 e. The molecule has 18 heavy (non-hydrogen) atoms. The van der Waals surface area contributed by atoms with Crippen LogP contribution in [0.2, 0.25) is 10.0 Å². The number of halogens is 2. The summed E-state index contributed by atoms with van der Waals surface area (Å²) in [7, 11) is 1.70. The Hall–Kier alpha value is -0.540. The van der Waals surface area contributed by atoms with Gasteiger partial charge in [-0.15, -0.1) is 0 Å². The van der Waals surface area contributed by atoms with Crippen LogP contribution in [0.1, 0.15) is 18.9 Å². The average Bonchev–Trinajstić information content (AvgIpc) is 2.36. The molecule has 1 aromatic rings. The van der Waals surface area contributed by atoms with Gasteiger partial charge in [0, 0.05) is 13.7 Å². The van der Waals surface area contributed by atoms with Crippen molar-refractivity contribution in [3.8, 4) is 0 Å². The Labute approximate surface area is 119 Å². The van der Waals surface area contributed by atoms with Crippen molar-refractivity contribution < 1.29 is 4.74 Å². The monoisotopic (exact) mass is 287 g/mol. The zero-order chi connectivity index (χ0) is 13.4. The normalized spacial score (nSPS) is 11.9. The number of nitrogens with one attached hydrogen (secondary N) is 1. The van der Waals surface area contributed by atoms with E-state index in [1.807, 2.05) is 18.2 Å². The van der Waals surface area contributed by atoms with Gasteiger partial charge in [0.2, 0.25) is 0 Å². The minimum absolute atomic E-state index is 0.592. The van der Waals surface area contributed by atoms with Crippen LogP contribution in [0.3, 0.4) is 0 Å². The van der Waals surface area contributed by atoms with Crippen molar-refractivity contribution in [2.75, 3.05) is 26.8 Å². The molecule has 1 rings (SSSR count). The second-order valence-electron chi connectivity index (χ2n) is 4.05. The van der Waals surface area contributed by atoms with E-state index < -0.39 is 0 Å². The third-order valence-electron chi connectivity index (χ3n) is 2.63. The SMILES string of the molecule is COCCNCCC=C(C)c1ccc(Cl)c(Cl)c1. The highest BCUT2D eigenvalue weighted by atomic mass is 35.5. The van der Waals surface area contributed by atoms with E-state index in [0.29, 0.717) is 10.0 Å². The molecule has 4 heteroatoms. The summed E-state index contributed by atoms with van der Waals surface area (Å²) in [6.45, 7) is 4.66. The number of hydrogen-bond donors (Lipinski definition) is 1. The van der Waals surface area contributed by atoms with E-state index in [4.69, 9.17) is 27.9 Å². The van der Waals surface area contributed by atoms with E-state index in [2.05, 4.69) is 18.3 Å². The fraction of sp³-hybridized carbons (Fsp3) is 0.429. The first kappa shape index (κ1) is 15.5. The van der Waals surface area contributed by atoms with E-state index in [1.54, 1.807) is 7.11 Å². The fourth-order valence-electron chi connectivity index (χ4n) is 1.55. The van der Waals surface area contributed by atoms with E-state index in [1.165, 1.54) is 5.57 Å². The lowest BCUT2D eigenvalue weighted by Crippen LogP contribution is -2.19. The molecule has 0 heterocycles. The van der Waals surface area contributed by atoms with Crippen LogP contribution in [-0.2, 0) is 4.74 Å². The lowest BCUT2D eigenvalue weighted by molar-refractivity contribution is 0.199. The Morgan fingerprint density at radius 2 is 2.06 bits per heavy atom. The fourth-order valence-corrected chi connectivity index (χ4v) is 1.85. The molecule has 0 saturated heterocycles. The van der Waals surface area contributed by atoms with Crippen LogP contribution in [-0.4, -0.2) is 26.8 Å². The molecule has 0 spiro atoms. The van der Waals surface area contributed by atoms with E-state index in [0.717, 1.165) is 31.7 Å². The van der Waals surface area contributed by atoms with Gasteiger partial charge in [0.1, 0.15) is 0 Å². The molecule has 0 fully saturated rings. The quantitative estimate of drug-likeness (QED) is 0.765. The van der Waals surface area contributed by atoms with Gasteiger partial charge >= 0.3 is 0 Å². The van der Waals surface area contributed by atoms with Gasteiger partial charge in [0.25, 0.3) is 0 Å². The standard InChI is InChI=1S/C14H19Cl2NO/c1-11(4-3-7-17-8-9-18-2)12-5-6-13(15)14(16)10-12/h4-6,10,17H,3,7-9H2,1-2H3. The molecule has 1 N–H and O–H groups in total. The van der Waals surface area contributed by atoms with Gasteiger partial charge in [-0.05, 0) is 43.2 Å². The third kappa shape index (κ3) is 5.40. The largest absolute Gasteiger partial charge is 0.383 e. The van der Waals surface area contributed by atoms with Crippen molar-refractivity contribution in [3.05, 3.63) is 39.9 Å². The van der Waals surface area contributed by atoms with Crippen molar-refractivity contribution in [1.29, 1.82) is 0 Å². The number of rotatable bonds is 7. The summed E-state index contributed by atoms with van der Waals surface area (Å²) in [6, 6.07) is 5.71. The predicted octanol–water partition coefficient (Wildman–Crippen LogP) is 4.02. The summed E-state index contributed by atoms with van der Waals surface area (Å²) in [4.78, 5) is 0. The molecule has 0 aliphatic carbocycles. The number of allylic oxidation sites excluding steroid dienone is 1. The van der Waals surface area contributed by atoms with Gasteiger partial charge in [-0.1, -0.05) is 35.3 Å². The molecule has 100 valence electrons. The highest BCUT2D eigenvalue weighted by Gasteiger charge is 2.00. The molecule has 0 atom stereocenters. The average molecular weight is 288 g/mol. The van der Waals surface area contributed by atoms with Crippen molar-refractivity contribution in [2.24, 2.45) is 0 Å². The molecule has 0 saturated carbocycles. The minimum Gasteiger partial charge on any atom is -0.383 e. The molecule has 2 nitrogen and oxygen atoms in total. The highest BCUT2D eigenvalue weighted by molar-refractivity contribution is 6.42. The molecule has 0 radical (unpaired) electrons. The first-order valence-corrected chi connectivity index (χ1v) is 6.72. The van der Waals surface area contributed by atoms with Crippen molar-refractivity contribution >= 4 is 28.8 Å². The second kappa shape index (κ2) is 8.54. The zero-order valence-corrected chi connectivity index (χ0v) is 12.3. The Morgan fingerprint density at radius 3 is 2.72 bits per heavy atom. The molecular formula is C14H19Cl2NO. The van der Waals surface area contributed by atoms with E-state index >= 15 is 0 Å². The predicted molar refractivity (Wildman–Crippen MR) is 79.5 cm³/mol. The third-order valence-corrected chi connectivity index (χ3v) is 3.37. The number of methoxy groups -OCH3 is 1.